The largest absolute Gasteiger partial charge is 0.482 e. The Morgan fingerprint density at radius 2 is 1.80 bits per heavy atom. The van der Waals surface area contributed by atoms with Gasteiger partial charge in [-0.3, -0.25) is 9.59 Å². The molecule has 134 valence electrons. The van der Waals surface area contributed by atoms with Gasteiger partial charge in [0, 0.05) is 25.7 Å². The van der Waals surface area contributed by atoms with Crippen molar-refractivity contribution in [1.29, 1.82) is 0 Å². The molecule has 2 heterocycles. The third-order valence-electron chi connectivity index (χ3n) is 5.69. The van der Waals surface area contributed by atoms with Gasteiger partial charge < -0.3 is 24.7 Å². The van der Waals surface area contributed by atoms with Crippen LogP contribution in [0.1, 0.15) is 23.2 Å². The van der Waals surface area contributed by atoms with E-state index in [1.54, 1.807) is 30.1 Å². The van der Waals surface area contributed by atoms with E-state index in [4.69, 9.17) is 4.74 Å². The minimum absolute atomic E-state index is 0.0108. The maximum atomic E-state index is 12.9. The Morgan fingerprint density at radius 3 is 2.44 bits per heavy atom. The summed E-state index contributed by atoms with van der Waals surface area (Å²) in [5, 5.41) is 19.7. The van der Waals surface area contributed by atoms with Gasteiger partial charge in [-0.15, -0.1) is 0 Å². The summed E-state index contributed by atoms with van der Waals surface area (Å²) in [5.74, 6) is 0.819. The fourth-order valence-electron chi connectivity index (χ4n) is 4.16. The predicted octanol–water partition coefficient (Wildman–Crippen LogP) is 0.246. The van der Waals surface area contributed by atoms with Crippen molar-refractivity contribution in [2.24, 2.45) is 11.8 Å². The standard InChI is InChI=1S/C18H22N2O5/c1-19-13-4-10(2-3-16(13)25-9-17(19)23)18(24)20-7-11-5-14(21)15(22)6-12(11)8-20/h2-4,11-12,14-15,21-22H,5-9H2,1H3/t11-,12+,14+,15-. The van der Waals surface area contributed by atoms with Gasteiger partial charge in [0.15, 0.2) is 6.61 Å². The van der Waals surface area contributed by atoms with E-state index in [1.807, 2.05) is 0 Å². The van der Waals surface area contributed by atoms with Crippen LogP contribution in [0.3, 0.4) is 0 Å². The molecule has 1 saturated heterocycles. The van der Waals surface area contributed by atoms with E-state index in [1.165, 1.54) is 4.90 Å². The summed E-state index contributed by atoms with van der Waals surface area (Å²) in [6.07, 6.45) is -0.329. The molecule has 0 unspecified atom stereocenters. The van der Waals surface area contributed by atoms with Crippen LogP contribution in [-0.2, 0) is 4.79 Å². The fraction of sp³-hybridized carbons (Fsp3) is 0.556. The Balaban J connectivity index is 1.53. The van der Waals surface area contributed by atoms with Crippen LogP contribution in [0.2, 0.25) is 0 Å². The minimum atomic E-state index is -0.697. The molecule has 1 aromatic carbocycles. The van der Waals surface area contributed by atoms with Crippen molar-refractivity contribution in [3.8, 4) is 5.75 Å². The lowest BCUT2D eigenvalue weighted by Gasteiger charge is -2.31. The van der Waals surface area contributed by atoms with E-state index in [0.29, 0.717) is 42.9 Å². The highest BCUT2D eigenvalue weighted by Gasteiger charge is 2.42. The van der Waals surface area contributed by atoms with Crippen LogP contribution in [0.25, 0.3) is 0 Å². The topological polar surface area (TPSA) is 90.3 Å². The summed E-state index contributed by atoms with van der Waals surface area (Å²) >= 11 is 0. The first-order valence-electron chi connectivity index (χ1n) is 8.63. The summed E-state index contributed by atoms with van der Waals surface area (Å²) < 4.78 is 5.40. The summed E-state index contributed by atoms with van der Waals surface area (Å²) in [6, 6.07) is 5.14. The molecule has 1 saturated carbocycles. The number of likely N-dealkylation sites (N-methyl/N-ethyl adjacent to an activating group) is 1. The van der Waals surface area contributed by atoms with Crippen molar-refractivity contribution in [1.82, 2.24) is 4.90 Å². The third-order valence-corrected chi connectivity index (χ3v) is 5.69. The van der Waals surface area contributed by atoms with E-state index in [0.717, 1.165) is 0 Å². The average Bonchev–Trinajstić information content (AvgIpc) is 3.00. The van der Waals surface area contributed by atoms with Crippen molar-refractivity contribution >= 4 is 17.5 Å². The Labute approximate surface area is 145 Å². The lowest BCUT2D eigenvalue weighted by Crippen LogP contribution is -2.38. The second-order valence-electron chi connectivity index (χ2n) is 7.26. The minimum Gasteiger partial charge on any atom is -0.482 e. The number of aliphatic hydroxyl groups excluding tert-OH is 2. The monoisotopic (exact) mass is 346 g/mol. The van der Waals surface area contributed by atoms with Crippen LogP contribution in [0.4, 0.5) is 5.69 Å². The molecule has 0 radical (unpaired) electrons. The van der Waals surface area contributed by atoms with Crippen molar-refractivity contribution < 1.29 is 24.5 Å². The number of hydrogen-bond acceptors (Lipinski definition) is 5. The number of likely N-dealkylation sites (tertiary alicyclic amines) is 1. The number of carbonyl (C=O) groups excluding carboxylic acids is 2. The van der Waals surface area contributed by atoms with Gasteiger partial charge in [-0.25, -0.2) is 0 Å². The molecule has 2 amide bonds. The molecule has 0 aromatic heterocycles. The number of anilines is 1. The lowest BCUT2D eigenvalue weighted by molar-refractivity contribution is -0.120. The summed E-state index contributed by atoms with van der Waals surface area (Å²) in [5.41, 5.74) is 1.12. The molecule has 2 fully saturated rings. The predicted molar refractivity (Wildman–Crippen MR) is 89.5 cm³/mol. The van der Waals surface area contributed by atoms with Crippen molar-refractivity contribution in [2.45, 2.75) is 25.0 Å². The molecule has 1 aromatic rings. The molecule has 1 aliphatic carbocycles. The molecule has 4 rings (SSSR count). The maximum absolute atomic E-state index is 12.9. The van der Waals surface area contributed by atoms with E-state index in [2.05, 4.69) is 0 Å². The number of benzene rings is 1. The van der Waals surface area contributed by atoms with Crippen molar-refractivity contribution in [3.05, 3.63) is 23.8 Å². The molecule has 2 aliphatic heterocycles. The first kappa shape index (κ1) is 16.4. The lowest BCUT2D eigenvalue weighted by atomic mass is 9.79. The van der Waals surface area contributed by atoms with E-state index >= 15 is 0 Å². The first-order chi connectivity index (χ1) is 11.9. The zero-order valence-corrected chi connectivity index (χ0v) is 14.1. The summed E-state index contributed by atoms with van der Waals surface area (Å²) in [6.45, 7) is 1.20. The molecule has 25 heavy (non-hydrogen) atoms. The average molecular weight is 346 g/mol. The van der Waals surface area contributed by atoms with Gasteiger partial charge in [0.1, 0.15) is 5.75 Å². The highest BCUT2D eigenvalue weighted by Crippen LogP contribution is 2.38. The van der Waals surface area contributed by atoms with E-state index in [9.17, 15) is 19.8 Å². The SMILES string of the molecule is CN1C(=O)COc2ccc(C(=O)N3C[C@H]4C[C@H](O)[C@H](O)C[C@H]4C3)cc21. The second kappa shape index (κ2) is 6.00. The number of rotatable bonds is 1. The summed E-state index contributed by atoms with van der Waals surface area (Å²) in [4.78, 5) is 28.0. The van der Waals surface area contributed by atoms with Crippen LogP contribution < -0.4 is 9.64 Å². The zero-order valence-electron chi connectivity index (χ0n) is 14.1. The first-order valence-corrected chi connectivity index (χ1v) is 8.63. The van der Waals surface area contributed by atoms with Gasteiger partial charge in [0.2, 0.25) is 0 Å². The zero-order chi connectivity index (χ0) is 17.7. The van der Waals surface area contributed by atoms with Gasteiger partial charge in [0.05, 0.1) is 17.9 Å². The van der Waals surface area contributed by atoms with Crippen LogP contribution in [0, 0.1) is 11.8 Å². The van der Waals surface area contributed by atoms with Gasteiger partial charge in [-0.1, -0.05) is 0 Å². The Bertz CT molecular complexity index is 703. The number of fused-ring (bicyclic) bond motifs is 2. The van der Waals surface area contributed by atoms with Crippen LogP contribution in [0.5, 0.6) is 5.75 Å². The molecule has 2 N–H and O–H groups in total. The molecular formula is C18H22N2O5. The second-order valence-corrected chi connectivity index (χ2v) is 7.26. The highest BCUT2D eigenvalue weighted by molar-refractivity contribution is 6.01. The van der Waals surface area contributed by atoms with Crippen molar-refractivity contribution in [2.75, 3.05) is 31.6 Å². The van der Waals surface area contributed by atoms with Gasteiger partial charge >= 0.3 is 0 Å². The van der Waals surface area contributed by atoms with Crippen LogP contribution in [0.15, 0.2) is 18.2 Å². The Kier molecular flexibility index (Phi) is 3.92. The molecular weight excluding hydrogens is 324 g/mol. The fourth-order valence-corrected chi connectivity index (χ4v) is 4.16. The number of carbonyl (C=O) groups is 2. The Hall–Kier alpha value is -2.12. The summed E-state index contributed by atoms with van der Waals surface area (Å²) in [7, 11) is 1.67. The Morgan fingerprint density at radius 1 is 1.16 bits per heavy atom. The smallest absolute Gasteiger partial charge is 0.264 e. The normalized spacial score (nSPS) is 31.4. The third kappa shape index (κ3) is 2.77. The molecule has 7 nitrogen and oxygen atoms in total. The molecule has 0 bridgehead atoms. The molecule has 0 spiro atoms. The molecule has 7 heteroatoms. The number of nitrogens with zero attached hydrogens (tertiary/aromatic N) is 2. The van der Waals surface area contributed by atoms with Gasteiger partial charge in [-0.05, 0) is 42.9 Å². The van der Waals surface area contributed by atoms with Gasteiger partial charge in [-0.2, -0.15) is 0 Å². The number of amides is 2. The quantitative estimate of drug-likeness (QED) is 0.761. The molecule has 4 atom stereocenters. The van der Waals surface area contributed by atoms with Crippen molar-refractivity contribution in [3.63, 3.8) is 0 Å². The number of ether oxygens (including phenoxy) is 1. The van der Waals surface area contributed by atoms with Gasteiger partial charge in [0.25, 0.3) is 11.8 Å². The van der Waals surface area contributed by atoms with E-state index in [-0.39, 0.29) is 30.3 Å². The van der Waals surface area contributed by atoms with Crippen LogP contribution in [-0.4, -0.2) is 65.9 Å². The van der Waals surface area contributed by atoms with Crippen LogP contribution >= 0.6 is 0 Å². The number of hydrogen-bond donors (Lipinski definition) is 2. The highest BCUT2D eigenvalue weighted by atomic mass is 16.5. The number of aliphatic hydroxyl groups is 2. The molecule has 3 aliphatic rings. The maximum Gasteiger partial charge on any atom is 0.264 e. The van der Waals surface area contributed by atoms with E-state index < -0.39 is 12.2 Å².